The molecule has 33 heavy (non-hydrogen) atoms. The van der Waals surface area contributed by atoms with Crippen LogP contribution in [0.1, 0.15) is 29.7 Å². The van der Waals surface area contributed by atoms with Crippen LogP contribution in [-0.2, 0) is 9.84 Å². The zero-order valence-corrected chi connectivity index (χ0v) is 18.7. The molecule has 10 heteroatoms. The lowest BCUT2D eigenvalue weighted by Gasteiger charge is -2.33. The van der Waals surface area contributed by atoms with E-state index in [1.807, 2.05) is 19.1 Å². The molecule has 0 saturated heterocycles. The van der Waals surface area contributed by atoms with Gasteiger partial charge in [0.2, 0.25) is 0 Å². The average Bonchev–Trinajstić information content (AvgIpc) is 2.78. The number of nitrogens with one attached hydrogen (secondary N) is 2. The first-order valence-corrected chi connectivity index (χ1v) is 11.9. The summed E-state index contributed by atoms with van der Waals surface area (Å²) in [5.74, 6) is -0.150. The Bertz CT molecular complexity index is 1410. The highest BCUT2D eigenvalue weighted by molar-refractivity contribution is 7.90. The second-order valence-corrected chi connectivity index (χ2v) is 9.68. The fraction of sp³-hybridized carbons (Fsp3) is 0.174. The maximum Gasteiger partial charge on any atom is 0.175 e. The number of nitrogens with zero attached hydrogens (tertiary/aromatic N) is 3. The van der Waals surface area contributed by atoms with E-state index in [4.69, 9.17) is 5.73 Å². The number of benzene rings is 2. The largest absolute Gasteiger partial charge is 0.382 e. The summed E-state index contributed by atoms with van der Waals surface area (Å²) in [6.45, 7) is 1.84. The monoisotopic (exact) mass is 464 g/mol. The molecule has 168 valence electrons. The van der Waals surface area contributed by atoms with Crippen LogP contribution in [0.25, 0.3) is 6.08 Å². The van der Waals surface area contributed by atoms with E-state index in [0.29, 0.717) is 11.1 Å². The number of nitriles is 1. The molecule has 0 bridgehead atoms. The Morgan fingerprint density at radius 1 is 1.21 bits per heavy atom. The minimum Gasteiger partial charge on any atom is -0.382 e. The van der Waals surface area contributed by atoms with Gasteiger partial charge in [-0.1, -0.05) is 30.3 Å². The molecule has 1 aliphatic rings. The standard InChI is InChI=1S/C23H21FN6O2S/c1-13(29-23-17(11-25)22(26)27-12-28-23)16-10-14-6-5-8-18(24)20(14)30-21(16)15-7-3-4-9-19(15)33(2,31)32/h3-10,12-13,21,30H,1-2H3,(H3,26,27,28,29). The third kappa shape index (κ3) is 4.23. The molecule has 1 aromatic heterocycles. The molecule has 0 radical (unpaired) electrons. The predicted octanol–water partition coefficient (Wildman–Crippen LogP) is 3.52. The van der Waals surface area contributed by atoms with Gasteiger partial charge in [0.1, 0.15) is 35.4 Å². The van der Waals surface area contributed by atoms with Crippen molar-refractivity contribution in [3.05, 3.63) is 76.9 Å². The smallest absolute Gasteiger partial charge is 0.175 e. The molecule has 2 aromatic carbocycles. The normalized spacial score (nSPS) is 16.1. The zero-order chi connectivity index (χ0) is 23.8. The van der Waals surface area contributed by atoms with E-state index in [1.165, 1.54) is 18.5 Å². The van der Waals surface area contributed by atoms with Crippen molar-refractivity contribution in [1.82, 2.24) is 9.97 Å². The Balaban J connectivity index is 1.85. The van der Waals surface area contributed by atoms with Crippen molar-refractivity contribution in [2.45, 2.75) is 23.9 Å². The van der Waals surface area contributed by atoms with Gasteiger partial charge >= 0.3 is 0 Å². The van der Waals surface area contributed by atoms with Crippen LogP contribution in [-0.4, -0.2) is 30.7 Å². The number of nitrogens with two attached hydrogens (primary N) is 1. The van der Waals surface area contributed by atoms with Crippen molar-refractivity contribution in [1.29, 1.82) is 5.26 Å². The predicted molar refractivity (Wildman–Crippen MR) is 125 cm³/mol. The summed E-state index contributed by atoms with van der Waals surface area (Å²) in [6.07, 6.45) is 4.20. The van der Waals surface area contributed by atoms with Crippen molar-refractivity contribution >= 4 is 33.2 Å². The van der Waals surface area contributed by atoms with Crippen LogP contribution in [0.15, 0.2) is 59.3 Å². The summed E-state index contributed by atoms with van der Waals surface area (Å²) in [4.78, 5) is 8.11. The molecule has 1 aliphatic heterocycles. The van der Waals surface area contributed by atoms with E-state index in [9.17, 15) is 18.1 Å². The summed E-state index contributed by atoms with van der Waals surface area (Å²) in [6, 6.07) is 12.2. The molecule has 4 rings (SSSR count). The minimum atomic E-state index is -3.56. The van der Waals surface area contributed by atoms with Gasteiger partial charge in [-0.2, -0.15) is 5.26 Å². The third-order valence-corrected chi connectivity index (χ3v) is 6.63. The molecule has 4 N–H and O–H groups in total. The minimum absolute atomic E-state index is 0.0457. The van der Waals surface area contributed by atoms with E-state index in [2.05, 4.69) is 20.6 Å². The number of hydrogen-bond donors (Lipinski definition) is 3. The molecule has 8 nitrogen and oxygen atoms in total. The van der Waals surface area contributed by atoms with Gasteiger partial charge in [-0.05, 0) is 36.3 Å². The van der Waals surface area contributed by atoms with Gasteiger partial charge in [0.25, 0.3) is 0 Å². The van der Waals surface area contributed by atoms with E-state index >= 15 is 0 Å². The summed E-state index contributed by atoms with van der Waals surface area (Å²) in [5, 5.41) is 15.8. The summed E-state index contributed by atoms with van der Waals surface area (Å²) in [7, 11) is -3.56. The van der Waals surface area contributed by atoms with Crippen LogP contribution in [0.3, 0.4) is 0 Å². The highest BCUT2D eigenvalue weighted by atomic mass is 32.2. The Morgan fingerprint density at radius 3 is 2.70 bits per heavy atom. The second-order valence-electron chi connectivity index (χ2n) is 7.70. The Hall–Kier alpha value is -3.97. The molecule has 2 unspecified atom stereocenters. The summed E-state index contributed by atoms with van der Waals surface area (Å²) < 4.78 is 39.6. The number of sulfone groups is 1. The van der Waals surface area contributed by atoms with E-state index in [-0.39, 0.29) is 27.8 Å². The molecule has 0 aliphatic carbocycles. The lowest BCUT2D eigenvalue weighted by molar-refractivity contribution is 0.599. The maximum absolute atomic E-state index is 14.6. The van der Waals surface area contributed by atoms with Gasteiger partial charge in [-0.25, -0.2) is 22.8 Å². The molecule has 0 amide bonds. The van der Waals surface area contributed by atoms with Crippen LogP contribution in [0.2, 0.25) is 0 Å². The molecule has 0 saturated carbocycles. The van der Waals surface area contributed by atoms with Crippen molar-refractivity contribution in [3.63, 3.8) is 0 Å². The van der Waals surface area contributed by atoms with E-state index < -0.39 is 27.7 Å². The number of halogens is 1. The van der Waals surface area contributed by atoms with Crippen LogP contribution in [0, 0.1) is 17.1 Å². The van der Waals surface area contributed by atoms with Crippen molar-refractivity contribution in [2.75, 3.05) is 22.6 Å². The van der Waals surface area contributed by atoms with Gasteiger partial charge < -0.3 is 16.4 Å². The number of anilines is 3. The first-order chi connectivity index (χ1) is 15.7. The third-order valence-electron chi connectivity index (χ3n) is 5.46. The van der Waals surface area contributed by atoms with Crippen LogP contribution < -0.4 is 16.4 Å². The van der Waals surface area contributed by atoms with Gasteiger partial charge in [0.15, 0.2) is 9.84 Å². The topological polar surface area (TPSA) is 134 Å². The number of rotatable bonds is 5. The van der Waals surface area contributed by atoms with Crippen LogP contribution in [0.4, 0.5) is 21.7 Å². The lowest BCUT2D eigenvalue weighted by atomic mass is 9.88. The molecular formula is C23H21FN6O2S. The molecular weight excluding hydrogens is 443 g/mol. The number of aromatic nitrogens is 2. The molecule has 2 heterocycles. The van der Waals surface area contributed by atoms with Gasteiger partial charge in [-0.3, -0.25) is 0 Å². The van der Waals surface area contributed by atoms with E-state index in [1.54, 1.807) is 30.3 Å². The first-order valence-electron chi connectivity index (χ1n) is 10.0. The highest BCUT2D eigenvalue weighted by Gasteiger charge is 2.31. The number of para-hydroxylation sites is 1. The van der Waals surface area contributed by atoms with Crippen molar-refractivity contribution < 1.29 is 12.8 Å². The Kier molecular flexibility index (Phi) is 5.74. The quantitative estimate of drug-likeness (QED) is 0.522. The first kappa shape index (κ1) is 22.2. The van der Waals surface area contributed by atoms with E-state index in [0.717, 1.165) is 11.8 Å². The lowest BCUT2D eigenvalue weighted by Crippen LogP contribution is -2.30. The Labute approximate surface area is 190 Å². The highest BCUT2D eigenvalue weighted by Crippen LogP contribution is 2.40. The molecule has 0 fully saturated rings. The zero-order valence-electron chi connectivity index (χ0n) is 17.9. The van der Waals surface area contributed by atoms with Crippen molar-refractivity contribution in [2.24, 2.45) is 0 Å². The Morgan fingerprint density at radius 2 is 1.97 bits per heavy atom. The number of nitrogen functional groups attached to an aromatic ring is 1. The number of hydrogen-bond acceptors (Lipinski definition) is 8. The molecule has 0 spiro atoms. The maximum atomic E-state index is 14.6. The second kappa shape index (κ2) is 8.52. The summed E-state index contributed by atoms with van der Waals surface area (Å²) >= 11 is 0. The van der Waals surface area contributed by atoms with Crippen LogP contribution >= 0.6 is 0 Å². The van der Waals surface area contributed by atoms with Crippen LogP contribution in [0.5, 0.6) is 0 Å². The summed E-state index contributed by atoms with van der Waals surface area (Å²) in [5.41, 5.74) is 8.02. The van der Waals surface area contributed by atoms with Gasteiger partial charge in [0.05, 0.1) is 16.6 Å². The van der Waals surface area contributed by atoms with Gasteiger partial charge in [-0.15, -0.1) is 0 Å². The SMILES string of the molecule is CC(Nc1ncnc(N)c1C#N)C1=Cc2cccc(F)c2NC1c1ccccc1S(C)(=O)=O. The fourth-order valence-electron chi connectivity index (χ4n) is 3.90. The fourth-order valence-corrected chi connectivity index (χ4v) is 4.84. The number of fused-ring (bicyclic) bond motifs is 1. The molecule has 3 aromatic rings. The molecule has 2 atom stereocenters. The van der Waals surface area contributed by atoms with Gasteiger partial charge in [0, 0.05) is 17.9 Å². The van der Waals surface area contributed by atoms with Crippen molar-refractivity contribution in [3.8, 4) is 6.07 Å². The average molecular weight is 465 g/mol.